The summed E-state index contributed by atoms with van der Waals surface area (Å²) in [6, 6.07) is 3.33. The van der Waals surface area contributed by atoms with Crippen LogP contribution in [0.3, 0.4) is 0 Å². The molecular formula is C11H14ClN3O4S. The summed E-state index contributed by atoms with van der Waals surface area (Å²) in [7, 11) is -3.75. The van der Waals surface area contributed by atoms with Crippen molar-refractivity contribution in [2.75, 3.05) is 19.6 Å². The maximum atomic E-state index is 12.5. The number of sulfonamides is 1. The molecule has 1 aliphatic rings. The number of halogens is 1. The van der Waals surface area contributed by atoms with E-state index in [2.05, 4.69) is 5.32 Å². The standard InChI is InChI=1S/C11H14ClN3O4S/c1-8-7-13-4-5-14(8)20(18,19)9-2-3-10(12)11(6-9)15(16)17/h2-3,6,8,13H,4-5,7H2,1H3/t8-/m1/s1. The molecule has 7 nitrogen and oxygen atoms in total. The number of hydrogen-bond acceptors (Lipinski definition) is 5. The van der Waals surface area contributed by atoms with Crippen molar-refractivity contribution in [3.05, 3.63) is 33.3 Å². The van der Waals surface area contributed by atoms with Crippen LogP contribution in [0.15, 0.2) is 23.1 Å². The summed E-state index contributed by atoms with van der Waals surface area (Å²) in [6.45, 7) is 3.22. The fourth-order valence-corrected chi connectivity index (χ4v) is 3.95. The smallest absolute Gasteiger partial charge is 0.289 e. The third-order valence-corrected chi connectivity index (χ3v) is 5.49. The maximum Gasteiger partial charge on any atom is 0.289 e. The minimum absolute atomic E-state index is 0.0812. The van der Waals surface area contributed by atoms with Gasteiger partial charge in [-0.3, -0.25) is 10.1 Å². The Morgan fingerprint density at radius 1 is 1.50 bits per heavy atom. The highest BCUT2D eigenvalue weighted by Gasteiger charge is 2.32. The molecule has 1 aromatic carbocycles. The topological polar surface area (TPSA) is 92.6 Å². The Morgan fingerprint density at radius 2 is 2.20 bits per heavy atom. The van der Waals surface area contributed by atoms with Crippen LogP contribution in [0.2, 0.25) is 5.02 Å². The van der Waals surface area contributed by atoms with E-state index >= 15 is 0 Å². The lowest BCUT2D eigenvalue weighted by molar-refractivity contribution is -0.384. The Labute approximate surface area is 121 Å². The zero-order valence-electron chi connectivity index (χ0n) is 10.7. The largest absolute Gasteiger partial charge is 0.314 e. The summed E-state index contributed by atoms with van der Waals surface area (Å²) < 4.78 is 26.4. The molecule has 0 spiro atoms. The molecule has 1 heterocycles. The average molecular weight is 320 g/mol. The highest BCUT2D eigenvalue weighted by Crippen LogP contribution is 2.29. The van der Waals surface area contributed by atoms with Gasteiger partial charge in [0.15, 0.2) is 0 Å². The second-order valence-electron chi connectivity index (χ2n) is 4.54. The van der Waals surface area contributed by atoms with E-state index in [-0.39, 0.29) is 16.0 Å². The van der Waals surface area contributed by atoms with Crippen molar-refractivity contribution in [2.45, 2.75) is 17.9 Å². The number of rotatable bonds is 3. The number of benzene rings is 1. The van der Waals surface area contributed by atoms with Gasteiger partial charge in [0.2, 0.25) is 10.0 Å². The first-order chi connectivity index (χ1) is 9.34. The lowest BCUT2D eigenvalue weighted by Gasteiger charge is -2.32. The van der Waals surface area contributed by atoms with Gasteiger partial charge in [-0.15, -0.1) is 0 Å². The van der Waals surface area contributed by atoms with E-state index in [1.54, 1.807) is 6.92 Å². The minimum Gasteiger partial charge on any atom is -0.314 e. The lowest BCUT2D eigenvalue weighted by atomic mass is 10.3. The first-order valence-corrected chi connectivity index (χ1v) is 7.82. The number of nitro groups is 1. The minimum atomic E-state index is -3.75. The van der Waals surface area contributed by atoms with Crippen molar-refractivity contribution >= 4 is 27.3 Å². The fraction of sp³-hybridized carbons (Fsp3) is 0.455. The van der Waals surface area contributed by atoms with Crippen LogP contribution >= 0.6 is 11.6 Å². The number of nitro benzene ring substituents is 1. The van der Waals surface area contributed by atoms with Crippen molar-refractivity contribution in [2.24, 2.45) is 0 Å². The van der Waals surface area contributed by atoms with E-state index in [0.29, 0.717) is 19.6 Å². The molecule has 9 heteroatoms. The molecule has 0 bridgehead atoms. The van der Waals surface area contributed by atoms with Crippen LogP contribution in [0.25, 0.3) is 0 Å². The number of piperazine rings is 1. The van der Waals surface area contributed by atoms with E-state index in [9.17, 15) is 18.5 Å². The quantitative estimate of drug-likeness (QED) is 0.668. The summed E-state index contributed by atoms with van der Waals surface area (Å²) >= 11 is 5.70. The van der Waals surface area contributed by atoms with Gasteiger partial charge in [-0.25, -0.2) is 8.42 Å². The highest BCUT2D eigenvalue weighted by molar-refractivity contribution is 7.89. The Hall–Kier alpha value is -1.22. The Kier molecular flexibility index (Phi) is 4.28. The van der Waals surface area contributed by atoms with Crippen molar-refractivity contribution in [3.63, 3.8) is 0 Å². The Bertz CT molecular complexity index is 635. The molecule has 20 heavy (non-hydrogen) atoms. The first-order valence-electron chi connectivity index (χ1n) is 6.00. The van der Waals surface area contributed by atoms with Gasteiger partial charge in [-0.1, -0.05) is 11.6 Å². The van der Waals surface area contributed by atoms with Gasteiger partial charge in [-0.2, -0.15) is 4.31 Å². The molecule has 1 saturated heterocycles. The second kappa shape index (κ2) is 5.65. The molecule has 0 saturated carbocycles. The molecule has 1 N–H and O–H groups in total. The van der Waals surface area contributed by atoms with Crippen LogP contribution in [-0.2, 0) is 10.0 Å². The molecule has 1 aliphatic heterocycles. The highest BCUT2D eigenvalue weighted by atomic mass is 35.5. The van der Waals surface area contributed by atoms with Crippen LogP contribution in [0, 0.1) is 10.1 Å². The molecule has 0 aromatic heterocycles. The summed E-state index contributed by atoms with van der Waals surface area (Å²) in [6.07, 6.45) is 0. The number of nitrogens with zero attached hydrogens (tertiary/aromatic N) is 2. The summed E-state index contributed by atoms with van der Waals surface area (Å²) in [5, 5.41) is 13.9. The van der Waals surface area contributed by atoms with Gasteiger partial charge in [-0.05, 0) is 19.1 Å². The molecule has 110 valence electrons. The molecule has 1 aromatic rings. The second-order valence-corrected chi connectivity index (χ2v) is 6.84. The molecular weight excluding hydrogens is 306 g/mol. The zero-order valence-corrected chi connectivity index (χ0v) is 12.3. The molecule has 0 aliphatic carbocycles. The van der Waals surface area contributed by atoms with Crippen molar-refractivity contribution in [1.29, 1.82) is 0 Å². The van der Waals surface area contributed by atoms with Crippen LogP contribution in [-0.4, -0.2) is 43.3 Å². The summed E-state index contributed by atoms with van der Waals surface area (Å²) in [5.41, 5.74) is -0.407. The Balaban J connectivity index is 2.44. The normalized spacial score (nSPS) is 20.8. The van der Waals surface area contributed by atoms with Crippen LogP contribution in [0.4, 0.5) is 5.69 Å². The molecule has 1 atom stereocenters. The lowest BCUT2D eigenvalue weighted by Crippen LogP contribution is -2.52. The molecule has 0 unspecified atom stereocenters. The third-order valence-electron chi connectivity index (χ3n) is 3.16. The van der Waals surface area contributed by atoms with E-state index < -0.39 is 20.6 Å². The van der Waals surface area contributed by atoms with E-state index in [4.69, 9.17) is 11.6 Å². The zero-order chi connectivity index (χ0) is 14.9. The van der Waals surface area contributed by atoms with Gasteiger partial charge in [0, 0.05) is 31.7 Å². The molecule has 0 amide bonds. The van der Waals surface area contributed by atoms with Crippen molar-refractivity contribution < 1.29 is 13.3 Å². The van der Waals surface area contributed by atoms with Gasteiger partial charge in [0.05, 0.1) is 9.82 Å². The van der Waals surface area contributed by atoms with Gasteiger partial charge >= 0.3 is 0 Å². The van der Waals surface area contributed by atoms with Crippen molar-refractivity contribution in [1.82, 2.24) is 9.62 Å². The number of hydrogen-bond donors (Lipinski definition) is 1. The molecule has 1 fully saturated rings. The van der Waals surface area contributed by atoms with Gasteiger partial charge in [0.25, 0.3) is 5.69 Å². The van der Waals surface area contributed by atoms with Crippen molar-refractivity contribution in [3.8, 4) is 0 Å². The van der Waals surface area contributed by atoms with E-state index in [1.807, 2.05) is 0 Å². The van der Waals surface area contributed by atoms with Gasteiger partial charge in [0.1, 0.15) is 5.02 Å². The van der Waals surface area contributed by atoms with Crippen LogP contribution < -0.4 is 5.32 Å². The maximum absolute atomic E-state index is 12.5. The predicted molar refractivity (Wildman–Crippen MR) is 74.3 cm³/mol. The monoisotopic (exact) mass is 319 g/mol. The van der Waals surface area contributed by atoms with Crippen LogP contribution in [0.5, 0.6) is 0 Å². The SMILES string of the molecule is C[C@@H]1CNCCN1S(=O)(=O)c1ccc(Cl)c([N+](=O)[O-])c1. The number of nitrogens with one attached hydrogen (secondary N) is 1. The third kappa shape index (κ3) is 2.78. The predicted octanol–water partition coefficient (Wildman–Crippen LogP) is 1.23. The Morgan fingerprint density at radius 3 is 2.80 bits per heavy atom. The summed E-state index contributed by atoms with van der Waals surface area (Å²) in [5.74, 6) is 0. The van der Waals surface area contributed by atoms with Crippen LogP contribution in [0.1, 0.15) is 6.92 Å². The van der Waals surface area contributed by atoms with Gasteiger partial charge < -0.3 is 5.32 Å². The first kappa shape index (κ1) is 15.2. The van der Waals surface area contributed by atoms with E-state index in [0.717, 1.165) is 6.07 Å². The van der Waals surface area contributed by atoms with E-state index in [1.165, 1.54) is 16.4 Å². The average Bonchev–Trinajstić information content (AvgIpc) is 2.38. The summed E-state index contributed by atoms with van der Waals surface area (Å²) in [4.78, 5) is 10.0. The molecule has 0 radical (unpaired) electrons. The molecule has 2 rings (SSSR count). The fourth-order valence-electron chi connectivity index (χ4n) is 2.11.